The molecule has 1 amide bonds. The summed E-state index contributed by atoms with van der Waals surface area (Å²) in [5.74, 6) is 1.07. The number of amides is 1. The van der Waals surface area contributed by atoms with E-state index in [0.29, 0.717) is 13.2 Å². The predicted octanol–water partition coefficient (Wildman–Crippen LogP) is 5.96. The van der Waals surface area contributed by atoms with E-state index >= 15 is 0 Å². The number of hydrogen-bond donors (Lipinski definition) is 1. The van der Waals surface area contributed by atoms with Crippen molar-refractivity contribution in [3.05, 3.63) is 95.6 Å². The number of unbranched alkanes of at least 4 members (excludes halogenated alkanes) is 2. The maximum Gasteiger partial charge on any atom is 0.254 e. The van der Waals surface area contributed by atoms with Gasteiger partial charge >= 0.3 is 0 Å². The number of carbonyl (C=O) groups is 1. The molecule has 0 saturated heterocycles. The Morgan fingerprint density at radius 3 is 2.54 bits per heavy atom. The first-order valence-electron chi connectivity index (χ1n) is 12.3. The van der Waals surface area contributed by atoms with E-state index in [1.54, 1.807) is 12.1 Å². The van der Waals surface area contributed by atoms with Gasteiger partial charge in [-0.3, -0.25) is 4.79 Å². The van der Waals surface area contributed by atoms with Crippen molar-refractivity contribution in [1.29, 1.82) is 0 Å². The highest BCUT2D eigenvalue weighted by Gasteiger charge is 2.12. The van der Waals surface area contributed by atoms with Gasteiger partial charge in [-0.25, -0.2) is 9.37 Å². The SMILES string of the molecule is CCc1ccc(OCCn2c(CCCCCNC(=O)c3ccccc3F)nc3ccccc32)cc1. The zero-order valence-corrected chi connectivity index (χ0v) is 20.2. The van der Waals surface area contributed by atoms with Gasteiger partial charge in [0.15, 0.2) is 0 Å². The summed E-state index contributed by atoms with van der Waals surface area (Å²) in [6, 6.07) is 22.5. The Bertz CT molecular complexity index is 1250. The first-order valence-corrected chi connectivity index (χ1v) is 12.3. The lowest BCUT2D eigenvalue weighted by Crippen LogP contribution is -2.25. The van der Waals surface area contributed by atoms with Crippen LogP contribution in [-0.4, -0.2) is 28.6 Å². The van der Waals surface area contributed by atoms with Gasteiger partial charge in [0.2, 0.25) is 0 Å². The normalized spacial score (nSPS) is 11.0. The van der Waals surface area contributed by atoms with Crippen LogP contribution in [0.2, 0.25) is 0 Å². The molecular weight excluding hydrogens is 441 g/mol. The van der Waals surface area contributed by atoms with Crippen LogP contribution >= 0.6 is 0 Å². The van der Waals surface area contributed by atoms with E-state index in [9.17, 15) is 9.18 Å². The summed E-state index contributed by atoms with van der Waals surface area (Å²) in [7, 11) is 0. The molecule has 0 saturated carbocycles. The van der Waals surface area contributed by atoms with Crippen LogP contribution in [0, 0.1) is 5.82 Å². The topological polar surface area (TPSA) is 56.1 Å². The molecule has 0 atom stereocenters. The quantitative estimate of drug-likeness (QED) is 0.258. The largest absolute Gasteiger partial charge is 0.492 e. The number of hydrogen-bond acceptors (Lipinski definition) is 3. The molecule has 0 aliphatic rings. The number of carbonyl (C=O) groups excluding carboxylic acids is 1. The van der Waals surface area contributed by atoms with Crippen molar-refractivity contribution in [2.45, 2.75) is 45.6 Å². The second-order valence-electron chi connectivity index (χ2n) is 8.56. The maximum atomic E-state index is 13.7. The van der Waals surface area contributed by atoms with Gasteiger partial charge in [0.05, 0.1) is 23.1 Å². The standard InChI is InChI=1S/C29H32FN3O2/c1-2-22-15-17-23(18-16-22)35-21-20-33-27-13-8-7-12-26(27)32-28(33)14-4-3-9-19-31-29(34)24-10-5-6-11-25(24)30/h5-8,10-13,15-18H,2-4,9,14,19-21H2,1H3,(H,31,34). The molecule has 4 aromatic rings. The summed E-state index contributed by atoms with van der Waals surface area (Å²) in [6.45, 7) is 3.96. The molecule has 0 aliphatic carbocycles. The molecule has 0 fully saturated rings. The van der Waals surface area contributed by atoms with E-state index in [1.165, 1.54) is 17.7 Å². The zero-order valence-electron chi connectivity index (χ0n) is 20.2. The number of ether oxygens (including phenoxy) is 1. The van der Waals surface area contributed by atoms with Gasteiger partial charge in [-0.2, -0.15) is 0 Å². The molecule has 6 heteroatoms. The van der Waals surface area contributed by atoms with Crippen molar-refractivity contribution in [2.75, 3.05) is 13.2 Å². The number of imidazole rings is 1. The number of benzene rings is 3. The fourth-order valence-electron chi connectivity index (χ4n) is 4.17. The molecule has 0 aliphatic heterocycles. The Hall–Kier alpha value is -3.67. The smallest absolute Gasteiger partial charge is 0.254 e. The van der Waals surface area contributed by atoms with E-state index < -0.39 is 5.82 Å². The lowest BCUT2D eigenvalue weighted by molar-refractivity contribution is 0.0949. The molecule has 182 valence electrons. The van der Waals surface area contributed by atoms with Gasteiger partial charge < -0.3 is 14.6 Å². The van der Waals surface area contributed by atoms with E-state index in [-0.39, 0.29) is 11.5 Å². The zero-order chi connectivity index (χ0) is 24.5. The Morgan fingerprint density at radius 2 is 1.74 bits per heavy atom. The van der Waals surface area contributed by atoms with Crippen LogP contribution in [0.1, 0.15) is 47.9 Å². The monoisotopic (exact) mass is 473 g/mol. The highest BCUT2D eigenvalue weighted by atomic mass is 19.1. The number of aryl methyl sites for hydroxylation is 2. The highest BCUT2D eigenvalue weighted by molar-refractivity contribution is 5.94. The van der Waals surface area contributed by atoms with Crippen molar-refractivity contribution in [3.8, 4) is 5.75 Å². The van der Waals surface area contributed by atoms with Crippen molar-refractivity contribution < 1.29 is 13.9 Å². The Labute approximate surface area is 206 Å². The third-order valence-electron chi connectivity index (χ3n) is 6.13. The van der Waals surface area contributed by atoms with E-state index in [4.69, 9.17) is 9.72 Å². The van der Waals surface area contributed by atoms with E-state index in [2.05, 4.69) is 35.0 Å². The molecule has 0 radical (unpaired) electrons. The predicted molar refractivity (Wildman–Crippen MR) is 137 cm³/mol. The molecule has 1 aromatic heterocycles. The van der Waals surface area contributed by atoms with Crippen LogP contribution < -0.4 is 10.1 Å². The first kappa shape index (κ1) is 24.5. The Kier molecular flexibility index (Phi) is 8.49. The fourth-order valence-corrected chi connectivity index (χ4v) is 4.17. The summed E-state index contributed by atoms with van der Waals surface area (Å²) in [6.07, 6.45) is 4.60. The summed E-state index contributed by atoms with van der Waals surface area (Å²) in [5, 5.41) is 2.81. The Morgan fingerprint density at radius 1 is 0.971 bits per heavy atom. The van der Waals surface area contributed by atoms with Crippen molar-refractivity contribution >= 4 is 16.9 Å². The number of fused-ring (bicyclic) bond motifs is 1. The van der Waals surface area contributed by atoms with Crippen molar-refractivity contribution in [3.63, 3.8) is 0 Å². The first-order chi connectivity index (χ1) is 17.2. The van der Waals surface area contributed by atoms with Crippen LogP contribution in [0.3, 0.4) is 0 Å². The number of rotatable bonds is 12. The molecule has 3 aromatic carbocycles. The van der Waals surface area contributed by atoms with Gasteiger partial charge in [-0.05, 0) is 61.2 Å². The van der Waals surface area contributed by atoms with Crippen molar-refractivity contribution in [2.24, 2.45) is 0 Å². The van der Waals surface area contributed by atoms with Crippen LogP contribution in [0.5, 0.6) is 5.75 Å². The number of aromatic nitrogens is 2. The van der Waals surface area contributed by atoms with Gasteiger partial charge in [0, 0.05) is 13.0 Å². The van der Waals surface area contributed by atoms with Crippen LogP contribution in [0.4, 0.5) is 4.39 Å². The Balaban J connectivity index is 1.27. The maximum absolute atomic E-state index is 13.7. The minimum Gasteiger partial charge on any atom is -0.492 e. The lowest BCUT2D eigenvalue weighted by Gasteiger charge is -2.11. The van der Waals surface area contributed by atoms with Crippen LogP contribution in [0.25, 0.3) is 11.0 Å². The molecule has 1 N–H and O–H groups in total. The molecular formula is C29H32FN3O2. The molecule has 0 spiro atoms. The minimum absolute atomic E-state index is 0.0877. The fraction of sp³-hybridized carbons (Fsp3) is 0.310. The molecule has 0 unspecified atom stereocenters. The highest BCUT2D eigenvalue weighted by Crippen LogP contribution is 2.19. The summed E-state index contributed by atoms with van der Waals surface area (Å²) in [4.78, 5) is 17.0. The summed E-state index contributed by atoms with van der Waals surface area (Å²) >= 11 is 0. The third-order valence-corrected chi connectivity index (χ3v) is 6.13. The molecule has 0 bridgehead atoms. The second kappa shape index (κ2) is 12.2. The average molecular weight is 474 g/mol. The van der Waals surface area contributed by atoms with Gasteiger partial charge in [0.25, 0.3) is 5.91 Å². The molecule has 1 heterocycles. The number of para-hydroxylation sites is 2. The average Bonchev–Trinajstić information content (AvgIpc) is 3.24. The minimum atomic E-state index is -0.495. The second-order valence-corrected chi connectivity index (χ2v) is 8.56. The molecule has 5 nitrogen and oxygen atoms in total. The molecule has 4 rings (SSSR count). The van der Waals surface area contributed by atoms with Crippen molar-refractivity contribution in [1.82, 2.24) is 14.9 Å². The summed E-state index contributed by atoms with van der Waals surface area (Å²) < 4.78 is 22.0. The molecule has 35 heavy (non-hydrogen) atoms. The summed E-state index contributed by atoms with van der Waals surface area (Å²) in [5.41, 5.74) is 3.49. The van der Waals surface area contributed by atoms with Gasteiger partial charge in [0.1, 0.15) is 24.0 Å². The van der Waals surface area contributed by atoms with E-state index in [0.717, 1.165) is 61.3 Å². The van der Waals surface area contributed by atoms with Gasteiger partial charge in [-0.1, -0.05) is 49.7 Å². The van der Waals surface area contributed by atoms with E-state index in [1.807, 2.05) is 30.3 Å². The number of halogens is 1. The number of nitrogens with one attached hydrogen (secondary N) is 1. The third kappa shape index (κ3) is 6.47. The van der Waals surface area contributed by atoms with Crippen LogP contribution in [0.15, 0.2) is 72.8 Å². The van der Waals surface area contributed by atoms with Crippen LogP contribution in [-0.2, 0) is 19.4 Å². The number of nitrogens with zero attached hydrogens (tertiary/aromatic N) is 2. The lowest BCUT2D eigenvalue weighted by atomic mass is 10.1. The van der Waals surface area contributed by atoms with Gasteiger partial charge in [-0.15, -0.1) is 0 Å².